The minimum absolute atomic E-state index is 0.0788. The number of hydrogen-bond donors (Lipinski definition) is 2. The Kier molecular flexibility index (Phi) is 5.54. The highest BCUT2D eigenvalue weighted by atomic mass is 32.2. The molecule has 0 bridgehead atoms. The van der Waals surface area contributed by atoms with E-state index in [1.807, 2.05) is 7.05 Å². The van der Waals surface area contributed by atoms with Gasteiger partial charge in [-0.25, -0.2) is 13.6 Å². The van der Waals surface area contributed by atoms with E-state index in [9.17, 15) is 8.42 Å². The topological polar surface area (TPSA) is 98.6 Å². The van der Waals surface area contributed by atoms with E-state index < -0.39 is 10.0 Å². The Morgan fingerprint density at radius 1 is 1.22 bits per heavy atom. The van der Waals surface area contributed by atoms with Gasteiger partial charge in [0.1, 0.15) is 12.4 Å². The number of ether oxygens (including phenoxy) is 1. The Bertz CT molecular complexity index is 459. The molecule has 1 rings (SSSR count). The number of nitrogens with zero attached hydrogens (tertiary/aromatic N) is 1. The molecule has 1 aromatic rings. The molecule has 0 atom stereocenters. The zero-order chi connectivity index (χ0) is 13.6. The molecule has 7 heteroatoms. The number of hydrogen-bond acceptors (Lipinski definition) is 5. The van der Waals surface area contributed by atoms with Gasteiger partial charge in [-0.1, -0.05) is 0 Å². The minimum atomic E-state index is -3.64. The number of rotatable bonds is 7. The van der Waals surface area contributed by atoms with Gasteiger partial charge in [0, 0.05) is 19.6 Å². The van der Waals surface area contributed by atoms with Crippen molar-refractivity contribution >= 4 is 10.0 Å². The number of sulfonamides is 1. The molecule has 6 nitrogen and oxygen atoms in total. The first-order valence-corrected chi connectivity index (χ1v) is 7.12. The molecule has 0 aliphatic carbocycles. The van der Waals surface area contributed by atoms with Crippen LogP contribution in [-0.4, -0.2) is 46.6 Å². The first-order valence-electron chi connectivity index (χ1n) is 5.58. The van der Waals surface area contributed by atoms with Gasteiger partial charge in [0.05, 0.1) is 4.90 Å². The highest BCUT2D eigenvalue weighted by Gasteiger charge is 2.06. The van der Waals surface area contributed by atoms with Crippen LogP contribution in [0.1, 0.15) is 0 Å². The lowest BCUT2D eigenvalue weighted by molar-refractivity contribution is 0.241. The van der Waals surface area contributed by atoms with Crippen molar-refractivity contribution in [1.82, 2.24) is 4.90 Å². The Balaban J connectivity index is 2.45. The number of benzene rings is 1. The third kappa shape index (κ3) is 5.01. The molecule has 0 amide bonds. The first-order chi connectivity index (χ1) is 8.43. The van der Waals surface area contributed by atoms with Crippen molar-refractivity contribution in [3.63, 3.8) is 0 Å². The van der Waals surface area contributed by atoms with E-state index in [0.717, 1.165) is 13.1 Å². The Morgan fingerprint density at radius 2 is 1.83 bits per heavy atom. The van der Waals surface area contributed by atoms with Gasteiger partial charge in [0.2, 0.25) is 10.0 Å². The van der Waals surface area contributed by atoms with Gasteiger partial charge in [0.25, 0.3) is 0 Å². The second-order valence-electron chi connectivity index (χ2n) is 3.96. The molecular formula is C11H19N3O3S. The summed E-state index contributed by atoms with van der Waals surface area (Å²) in [6.07, 6.45) is 0. The van der Waals surface area contributed by atoms with Gasteiger partial charge in [0.15, 0.2) is 0 Å². The lowest BCUT2D eigenvalue weighted by Gasteiger charge is -2.15. The zero-order valence-electron chi connectivity index (χ0n) is 10.4. The van der Waals surface area contributed by atoms with E-state index in [2.05, 4.69) is 4.90 Å². The van der Waals surface area contributed by atoms with Crippen LogP contribution in [-0.2, 0) is 10.0 Å². The second-order valence-corrected chi connectivity index (χ2v) is 5.52. The van der Waals surface area contributed by atoms with Gasteiger partial charge in [-0.05, 0) is 31.3 Å². The average Bonchev–Trinajstić information content (AvgIpc) is 2.29. The van der Waals surface area contributed by atoms with Crippen LogP contribution in [0.25, 0.3) is 0 Å². The summed E-state index contributed by atoms with van der Waals surface area (Å²) in [7, 11) is -1.68. The van der Waals surface area contributed by atoms with E-state index >= 15 is 0 Å². The fourth-order valence-corrected chi connectivity index (χ4v) is 1.89. The first kappa shape index (κ1) is 14.9. The van der Waals surface area contributed by atoms with Crippen LogP contribution in [0.2, 0.25) is 0 Å². The van der Waals surface area contributed by atoms with Crippen molar-refractivity contribution in [3.05, 3.63) is 24.3 Å². The summed E-state index contributed by atoms with van der Waals surface area (Å²) < 4.78 is 27.5. The van der Waals surface area contributed by atoms with E-state index in [4.69, 9.17) is 15.6 Å². The van der Waals surface area contributed by atoms with E-state index in [1.165, 1.54) is 12.1 Å². The van der Waals surface area contributed by atoms with Gasteiger partial charge in [-0.3, -0.25) is 0 Å². The van der Waals surface area contributed by atoms with Crippen LogP contribution >= 0.6 is 0 Å². The van der Waals surface area contributed by atoms with Gasteiger partial charge >= 0.3 is 0 Å². The summed E-state index contributed by atoms with van der Waals surface area (Å²) in [5.74, 6) is 0.614. The predicted molar refractivity (Wildman–Crippen MR) is 69.9 cm³/mol. The lowest BCUT2D eigenvalue weighted by atomic mass is 10.3. The smallest absolute Gasteiger partial charge is 0.238 e. The molecular weight excluding hydrogens is 254 g/mol. The van der Waals surface area contributed by atoms with E-state index in [0.29, 0.717) is 18.9 Å². The summed E-state index contributed by atoms with van der Waals surface area (Å²) in [6, 6.07) is 6.02. The second kappa shape index (κ2) is 6.69. The molecule has 102 valence electrons. The van der Waals surface area contributed by atoms with Gasteiger partial charge < -0.3 is 15.4 Å². The molecule has 1 aromatic carbocycles. The monoisotopic (exact) mass is 273 g/mol. The summed E-state index contributed by atoms with van der Waals surface area (Å²) >= 11 is 0. The molecule has 0 heterocycles. The average molecular weight is 273 g/mol. The fourth-order valence-electron chi connectivity index (χ4n) is 1.38. The quantitative estimate of drug-likeness (QED) is 0.704. The molecule has 18 heavy (non-hydrogen) atoms. The molecule has 0 aromatic heterocycles. The van der Waals surface area contributed by atoms with Crippen molar-refractivity contribution in [1.29, 1.82) is 0 Å². The molecule has 0 aliphatic heterocycles. The van der Waals surface area contributed by atoms with Gasteiger partial charge in [-0.15, -0.1) is 0 Å². The van der Waals surface area contributed by atoms with E-state index in [1.54, 1.807) is 12.1 Å². The number of primary sulfonamides is 1. The maximum Gasteiger partial charge on any atom is 0.238 e. The lowest BCUT2D eigenvalue weighted by Crippen LogP contribution is -2.29. The standard InChI is InChI=1S/C11H19N3O3S/c1-14(7-6-12)8-9-17-10-2-4-11(5-3-10)18(13,15)16/h2-5H,6-9,12H2,1H3,(H2,13,15,16). The maximum absolute atomic E-state index is 11.0. The van der Waals surface area contributed by atoms with Crippen LogP contribution in [0, 0.1) is 0 Å². The highest BCUT2D eigenvalue weighted by Crippen LogP contribution is 2.14. The summed E-state index contributed by atoms with van der Waals surface area (Å²) in [5, 5.41) is 4.99. The third-order valence-electron chi connectivity index (χ3n) is 2.40. The van der Waals surface area contributed by atoms with Crippen LogP contribution < -0.4 is 15.6 Å². The van der Waals surface area contributed by atoms with Crippen LogP contribution in [0.3, 0.4) is 0 Å². The highest BCUT2D eigenvalue weighted by molar-refractivity contribution is 7.89. The predicted octanol–water partition coefficient (Wildman–Crippen LogP) is -0.397. The molecule has 4 N–H and O–H groups in total. The zero-order valence-corrected chi connectivity index (χ0v) is 11.2. The minimum Gasteiger partial charge on any atom is -0.492 e. The molecule has 0 aliphatic rings. The molecule has 0 unspecified atom stereocenters. The normalized spacial score (nSPS) is 11.8. The van der Waals surface area contributed by atoms with Crippen LogP contribution in [0.4, 0.5) is 0 Å². The summed E-state index contributed by atoms with van der Waals surface area (Å²) in [4.78, 5) is 2.13. The molecule has 0 saturated heterocycles. The fraction of sp³-hybridized carbons (Fsp3) is 0.455. The SMILES string of the molecule is CN(CCN)CCOc1ccc(S(N)(=O)=O)cc1. The van der Waals surface area contributed by atoms with Crippen molar-refractivity contribution in [2.45, 2.75) is 4.90 Å². The summed E-state index contributed by atoms with van der Waals surface area (Å²) in [5.41, 5.74) is 5.42. The van der Waals surface area contributed by atoms with Crippen LogP contribution in [0.15, 0.2) is 29.2 Å². The van der Waals surface area contributed by atoms with Crippen molar-refractivity contribution < 1.29 is 13.2 Å². The number of likely N-dealkylation sites (N-methyl/N-ethyl adjacent to an activating group) is 1. The summed E-state index contributed by atoms with van der Waals surface area (Å²) in [6.45, 7) is 2.70. The van der Waals surface area contributed by atoms with Crippen molar-refractivity contribution in [2.24, 2.45) is 10.9 Å². The van der Waals surface area contributed by atoms with Gasteiger partial charge in [-0.2, -0.15) is 0 Å². The van der Waals surface area contributed by atoms with E-state index in [-0.39, 0.29) is 4.90 Å². The maximum atomic E-state index is 11.0. The third-order valence-corrected chi connectivity index (χ3v) is 3.33. The Labute approximate surface area is 108 Å². The van der Waals surface area contributed by atoms with Crippen molar-refractivity contribution in [2.75, 3.05) is 33.3 Å². The Hall–Kier alpha value is -1.15. The Morgan fingerprint density at radius 3 is 2.33 bits per heavy atom. The largest absolute Gasteiger partial charge is 0.492 e. The molecule has 0 fully saturated rings. The number of nitrogens with two attached hydrogens (primary N) is 2. The molecule has 0 saturated carbocycles. The molecule has 0 radical (unpaired) electrons. The molecule has 0 spiro atoms. The van der Waals surface area contributed by atoms with Crippen LogP contribution in [0.5, 0.6) is 5.75 Å². The van der Waals surface area contributed by atoms with Crippen molar-refractivity contribution in [3.8, 4) is 5.75 Å².